The van der Waals surface area contributed by atoms with Crippen molar-refractivity contribution in [2.75, 3.05) is 33.4 Å². The summed E-state index contributed by atoms with van der Waals surface area (Å²) >= 11 is 0. The molecule has 1 N–H and O–H groups in total. The number of rotatable bonds is 5. The largest absolute Gasteiger partial charge is 0.448 e. The number of hydrogen-bond donors (Lipinski definition) is 1. The molecule has 2 saturated heterocycles. The monoisotopic (exact) mass is 256 g/mol. The second-order valence-electron chi connectivity index (χ2n) is 5.20. The molecule has 0 bridgehead atoms. The number of carbonyl (C=O) groups excluding carboxylic acids is 1. The SMILES string of the molecule is CCOCC12CCCN1[C@@H](COC(=O)NC)CC2. The molecule has 18 heavy (non-hydrogen) atoms. The summed E-state index contributed by atoms with van der Waals surface area (Å²) in [6.45, 7) is 5.23. The fraction of sp³-hybridized carbons (Fsp3) is 0.923. The topological polar surface area (TPSA) is 50.8 Å². The molecule has 0 aromatic heterocycles. The summed E-state index contributed by atoms with van der Waals surface area (Å²) < 4.78 is 10.9. The van der Waals surface area contributed by atoms with Crippen LogP contribution in [0.25, 0.3) is 0 Å². The maximum absolute atomic E-state index is 11.1. The van der Waals surface area contributed by atoms with Gasteiger partial charge in [0.05, 0.1) is 6.61 Å². The van der Waals surface area contributed by atoms with Gasteiger partial charge < -0.3 is 14.8 Å². The first-order chi connectivity index (χ1) is 8.72. The van der Waals surface area contributed by atoms with Crippen molar-refractivity contribution in [3.63, 3.8) is 0 Å². The van der Waals surface area contributed by atoms with E-state index in [2.05, 4.69) is 10.2 Å². The Morgan fingerprint density at radius 3 is 3.06 bits per heavy atom. The van der Waals surface area contributed by atoms with Gasteiger partial charge in [-0.2, -0.15) is 0 Å². The van der Waals surface area contributed by atoms with Crippen LogP contribution in [0.15, 0.2) is 0 Å². The van der Waals surface area contributed by atoms with E-state index < -0.39 is 0 Å². The van der Waals surface area contributed by atoms with Crippen LogP contribution < -0.4 is 5.32 Å². The van der Waals surface area contributed by atoms with E-state index in [0.717, 1.165) is 32.6 Å². The molecule has 2 aliphatic rings. The lowest BCUT2D eigenvalue weighted by Crippen LogP contribution is -2.47. The Balaban J connectivity index is 1.90. The standard InChI is InChI=1S/C13H24N2O3/c1-3-17-10-13-6-4-8-15(13)11(5-7-13)9-18-12(16)14-2/h11H,3-10H2,1-2H3,(H,14,16)/t11-,13?/m1/s1. The summed E-state index contributed by atoms with van der Waals surface area (Å²) in [5.74, 6) is 0. The minimum absolute atomic E-state index is 0.215. The molecule has 104 valence electrons. The number of amides is 1. The Morgan fingerprint density at radius 1 is 1.50 bits per heavy atom. The Morgan fingerprint density at radius 2 is 2.33 bits per heavy atom. The Kier molecular flexibility index (Phi) is 4.45. The fourth-order valence-corrected chi connectivity index (χ4v) is 3.33. The van der Waals surface area contributed by atoms with Crippen molar-refractivity contribution in [2.24, 2.45) is 0 Å². The molecule has 2 atom stereocenters. The highest BCUT2D eigenvalue weighted by Crippen LogP contribution is 2.42. The van der Waals surface area contributed by atoms with E-state index in [9.17, 15) is 4.79 Å². The first-order valence-corrected chi connectivity index (χ1v) is 6.91. The van der Waals surface area contributed by atoms with Crippen LogP contribution in [-0.4, -0.2) is 56.0 Å². The van der Waals surface area contributed by atoms with Crippen molar-refractivity contribution in [1.29, 1.82) is 0 Å². The zero-order valence-electron chi connectivity index (χ0n) is 11.4. The van der Waals surface area contributed by atoms with Crippen LogP contribution in [0, 0.1) is 0 Å². The van der Waals surface area contributed by atoms with Crippen molar-refractivity contribution >= 4 is 6.09 Å². The highest BCUT2D eigenvalue weighted by Gasteiger charge is 2.49. The van der Waals surface area contributed by atoms with Gasteiger partial charge >= 0.3 is 6.09 Å². The molecule has 0 aromatic rings. The van der Waals surface area contributed by atoms with Crippen molar-refractivity contribution in [2.45, 2.75) is 44.2 Å². The highest BCUT2D eigenvalue weighted by atomic mass is 16.5. The van der Waals surface area contributed by atoms with Crippen LogP contribution in [0.4, 0.5) is 4.79 Å². The van der Waals surface area contributed by atoms with Crippen molar-refractivity contribution < 1.29 is 14.3 Å². The maximum Gasteiger partial charge on any atom is 0.406 e. The predicted octanol–water partition coefficient (Wildman–Crippen LogP) is 1.38. The second kappa shape index (κ2) is 5.89. The first kappa shape index (κ1) is 13.6. The molecular weight excluding hydrogens is 232 g/mol. The van der Waals surface area contributed by atoms with Crippen molar-refractivity contribution in [3.05, 3.63) is 0 Å². The minimum Gasteiger partial charge on any atom is -0.448 e. The zero-order valence-corrected chi connectivity index (χ0v) is 11.4. The molecule has 2 heterocycles. The van der Waals surface area contributed by atoms with E-state index in [4.69, 9.17) is 9.47 Å². The Hall–Kier alpha value is -0.810. The zero-order chi connectivity index (χ0) is 13.0. The van der Waals surface area contributed by atoms with Gasteiger partial charge in [-0.1, -0.05) is 0 Å². The highest BCUT2D eigenvalue weighted by molar-refractivity contribution is 5.66. The number of carbonyl (C=O) groups is 1. The fourth-order valence-electron chi connectivity index (χ4n) is 3.33. The average Bonchev–Trinajstić information content (AvgIpc) is 2.93. The Labute approximate surface area is 109 Å². The van der Waals surface area contributed by atoms with Crippen molar-refractivity contribution in [3.8, 4) is 0 Å². The lowest BCUT2D eigenvalue weighted by Gasteiger charge is -2.34. The van der Waals surface area contributed by atoms with Crippen LogP contribution in [0.1, 0.15) is 32.6 Å². The molecule has 2 aliphatic heterocycles. The summed E-state index contributed by atoms with van der Waals surface area (Å²) in [6, 6.07) is 0.366. The Bertz CT molecular complexity index is 298. The average molecular weight is 256 g/mol. The molecular formula is C13H24N2O3. The van der Waals surface area contributed by atoms with E-state index >= 15 is 0 Å². The van der Waals surface area contributed by atoms with Gasteiger partial charge in [0.25, 0.3) is 0 Å². The smallest absolute Gasteiger partial charge is 0.406 e. The van der Waals surface area contributed by atoms with Crippen LogP contribution in [0.3, 0.4) is 0 Å². The van der Waals surface area contributed by atoms with E-state index in [1.807, 2.05) is 6.92 Å². The van der Waals surface area contributed by atoms with E-state index in [-0.39, 0.29) is 11.6 Å². The number of nitrogens with zero attached hydrogens (tertiary/aromatic N) is 1. The minimum atomic E-state index is -0.337. The molecule has 0 spiro atoms. The summed E-state index contributed by atoms with van der Waals surface area (Å²) in [4.78, 5) is 13.6. The number of fused-ring (bicyclic) bond motifs is 1. The quantitative estimate of drug-likeness (QED) is 0.807. The summed E-state index contributed by atoms with van der Waals surface area (Å²) in [5, 5.41) is 2.49. The van der Waals surface area contributed by atoms with Gasteiger partial charge in [0.2, 0.25) is 0 Å². The molecule has 0 aromatic carbocycles. The molecule has 5 nitrogen and oxygen atoms in total. The van der Waals surface area contributed by atoms with E-state index in [0.29, 0.717) is 12.6 Å². The molecule has 0 aliphatic carbocycles. The normalized spacial score (nSPS) is 31.3. The molecule has 0 radical (unpaired) electrons. The van der Waals surface area contributed by atoms with Gasteiger partial charge in [0, 0.05) is 25.2 Å². The molecule has 2 fully saturated rings. The molecule has 2 rings (SSSR count). The van der Waals surface area contributed by atoms with Gasteiger partial charge in [-0.15, -0.1) is 0 Å². The van der Waals surface area contributed by atoms with Gasteiger partial charge in [0.15, 0.2) is 0 Å². The van der Waals surface area contributed by atoms with Crippen LogP contribution >= 0.6 is 0 Å². The molecule has 5 heteroatoms. The number of ether oxygens (including phenoxy) is 2. The van der Waals surface area contributed by atoms with Gasteiger partial charge in [-0.25, -0.2) is 4.79 Å². The first-order valence-electron chi connectivity index (χ1n) is 6.91. The lowest BCUT2D eigenvalue weighted by molar-refractivity contribution is 0.0178. The summed E-state index contributed by atoms with van der Waals surface area (Å²) in [5.41, 5.74) is 0.215. The molecule has 1 amide bonds. The van der Waals surface area contributed by atoms with Crippen LogP contribution in [0.2, 0.25) is 0 Å². The summed E-state index contributed by atoms with van der Waals surface area (Å²) in [6.07, 6.45) is 4.36. The maximum atomic E-state index is 11.1. The van der Waals surface area contributed by atoms with E-state index in [1.165, 1.54) is 12.8 Å². The van der Waals surface area contributed by atoms with Crippen LogP contribution in [-0.2, 0) is 9.47 Å². The predicted molar refractivity (Wildman–Crippen MR) is 68.6 cm³/mol. The van der Waals surface area contributed by atoms with E-state index in [1.54, 1.807) is 7.05 Å². The third-order valence-corrected chi connectivity index (χ3v) is 4.22. The lowest BCUT2D eigenvalue weighted by atomic mass is 9.95. The second-order valence-corrected chi connectivity index (χ2v) is 5.20. The van der Waals surface area contributed by atoms with Gasteiger partial charge in [-0.3, -0.25) is 4.90 Å². The van der Waals surface area contributed by atoms with Gasteiger partial charge in [0.1, 0.15) is 6.61 Å². The van der Waals surface area contributed by atoms with Crippen LogP contribution in [0.5, 0.6) is 0 Å². The third-order valence-electron chi connectivity index (χ3n) is 4.22. The number of hydrogen-bond acceptors (Lipinski definition) is 4. The molecule has 1 unspecified atom stereocenters. The van der Waals surface area contributed by atoms with Gasteiger partial charge in [-0.05, 0) is 39.2 Å². The number of nitrogens with one attached hydrogen (secondary N) is 1. The number of alkyl carbamates (subject to hydrolysis) is 1. The van der Waals surface area contributed by atoms with Crippen molar-refractivity contribution in [1.82, 2.24) is 10.2 Å². The molecule has 0 saturated carbocycles. The third kappa shape index (κ3) is 2.62. The summed E-state index contributed by atoms with van der Waals surface area (Å²) in [7, 11) is 1.59.